The average Bonchev–Trinajstić information content (AvgIpc) is 2.54. The second kappa shape index (κ2) is 3.37. The molecule has 16 heavy (non-hydrogen) atoms. The van der Waals surface area contributed by atoms with E-state index in [9.17, 15) is 18.0 Å². The summed E-state index contributed by atoms with van der Waals surface area (Å²) in [6, 6.07) is 3.16. The zero-order valence-electron chi connectivity index (χ0n) is 8.35. The molecule has 1 amide bonds. The second-order valence-corrected chi connectivity index (χ2v) is 3.41. The summed E-state index contributed by atoms with van der Waals surface area (Å²) in [7, 11) is 0. The molecular weight excluding hydrogens is 219 g/mol. The zero-order chi connectivity index (χ0) is 11.9. The molecule has 1 aliphatic rings. The Bertz CT molecular complexity index is 488. The molecule has 0 spiro atoms. The Morgan fingerprint density at radius 1 is 1.25 bits per heavy atom. The van der Waals surface area contributed by atoms with Crippen molar-refractivity contribution >= 4 is 11.6 Å². The van der Waals surface area contributed by atoms with Gasteiger partial charge in [-0.25, -0.2) is 0 Å². The first-order valence-electron chi connectivity index (χ1n) is 4.63. The van der Waals surface area contributed by atoms with E-state index < -0.39 is 17.6 Å². The largest absolute Gasteiger partial charge is 0.416 e. The van der Waals surface area contributed by atoms with Crippen LogP contribution in [0.2, 0.25) is 0 Å². The summed E-state index contributed by atoms with van der Waals surface area (Å²) >= 11 is 0. The van der Waals surface area contributed by atoms with Crippen LogP contribution >= 0.6 is 0 Å². The summed E-state index contributed by atoms with van der Waals surface area (Å²) in [5.74, 6) is -0.491. The third-order valence-corrected chi connectivity index (χ3v) is 2.42. The van der Waals surface area contributed by atoms with Crippen LogP contribution in [0, 0.1) is 0 Å². The maximum Gasteiger partial charge on any atom is 0.416 e. The van der Waals surface area contributed by atoms with Gasteiger partial charge in [0.25, 0.3) is 5.91 Å². The van der Waals surface area contributed by atoms with Gasteiger partial charge in [-0.3, -0.25) is 4.79 Å². The highest BCUT2D eigenvalue weighted by molar-refractivity contribution is 6.09. The van der Waals surface area contributed by atoms with Crippen LogP contribution in [0.15, 0.2) is 24.3 Å². The second-order valence-electron chi connectivity index (χ2n) is 3.41. The molecular formula is C11H8F3NO. The molecule has 1 aromatic carbocycles. The number of benzene rings is 1. The van der Waals surface area contributed by atoms with Crippen molar-refractivity contribution < 1.29 is 18.0 Å². The van der Waals surface area contributed by atoms with Gasteiger partial charge in [0, 0.05) is 16.8 Å². The molecule has 0 saturated heterocycles. The Hall–Kier alpha value is -1.78. The topological polar surface area (TPSA) is 29.1 Å². The molecule has 0 atom stereocenters. The minimum Gasteiger partial charge on any atom is -0.322 e. The standard InChI is InChI=1S/C11H8F3NO/c1-2-9-7-4-3-6(11(12,13)14)5-8(7)10(16)15-9/h2-5H,1H3,(H,15,16)/b9-2+. The molecule has 0 saturated carbocycles. The van der Waals surface area contributed by atoms with Crippen LogP contribution in [-0.2, 0) is 6.18 Å². The van der Waals surface area contributed by atoms with Crippen LogP contribution in [0.25, 0.3) is 5.70 Å². The van der Waals surface area contributed by atoms with Gasteiger partial charge >= 0.3 is 6.18 Å². The van der Waals surface area contributed by atoms with Gasteiger partial charge in [-0.1, -0.05) is 12.1 Å². The molecule has 1 heterocycles. The predicted molar refractivity (Wildman–Crippen MR) is 52.6 cm³/mol. The van der Waals surface area contributed by atoms with Gasteiger partial charge in [0.15, 0.2) is 0 Å². The molecule has 0 bridgehead atoms. The van der Waals surface area contributed by atoms with E-state index in [0.29, 0.717) is 11.3 Å². The van der Waals surface area contributed by atoms with E-state index in [1.165, 1.54) is 6.07 Å². The fourth-order valence-corrected chi connectivity index (χ4v) is 1.63. The van der Waals surface area contributed by atoms with E-state index in [1.807, 2.05) is 0 Å². The van der Waals surface area contributed by atoms with Crippen molar-refractivity contribution in [1.29, 1.82) is 0 Å². The van der Waals surface area contributed by atoms with Gasteiger partial charge in [-0.2, -0.15) is 13.2 Å². The van der Waals surface area contributed by atoms with Gasteiger partial charge in [-0.15, -0.1) is 0 Å². The van der Waals surface area contributed by atoms with Crippen LogP contribution in [-0.4, -0.2) is 5.91 Å². The summed E-state index contributed by atoms with van der Waals surface area (Å²) in [4.78, 5) is 11.4. The van der Waals surface area contributed by atoms with Crippen LogP contribution in [0.4, 0.5) is 13.2 Å². The summed E-state index contributed by atoms with van der Waals surface area (Å²) in [5, 5.41) is 2.50. The quantitative estimate of drug-likeness (QED) is 0.725. The number of allylic oxidation sites excluding steroid dienone is 1. The average molecular weight is 227 g/mol. The third kappa shape index (κ3) is 1.58. The monoisotopic (exact) mass is 227 g/mol. The fraction of sp³-hybridized carbons (Fsp3) is 0.182. The van der Waals surface area contributed by atoms with Crippen molar-refractivity contribution in [2.45, 2.75) is 13.1 Å². The lowest BCUT2D eigenvalue weighted by Crippen LogP contribution is -2.12. The summed E-state index contributed by atoms with van der Waals surface area (Å²) < 4.78 is 37.2. The van der Waals surface area contributed by atoms with Crippen LogP contribution in [0.5, 0.6) is 0 Å². The van der Waals surface area contributed by atoms with E-state index in [0.717, 1.165) is 12.1 Å². The maximum atomic E-state index is 12.4. The molecule has 0 aliphatic carbocycles. The lowest BCUT2D eigenvalue weighted by Gasteiger charge is -2.07. The Balaban J connectivity index is 2.57. The highest BCUT2D eigenvalue weighted by Gasteiger charge is 2.33. The van der Waals surface area contributed by atoms with E-state index >= 15 is 0 Å². The van der Waals surface area contributed by atoms with Crippen LogP contribution in [0.3, 0.4) is 0 Å². The molecule has 2 rings (SSSR count). The molecule has 2 nitrogen and oxygen atoms in total. The van der Waals surface area contributed by atoms with Crippen molar-refractivity contribution in [3.8, 4) is 0 Å². The Morgan fingerprint density at radius 3 is 2.50 bits per heavy atom. The van der Waals surface area contributed by atoms with E-state index in [2.05, 4.69) is 5.32 Å². The van der Waals surface area contributed by atoms with Crippen molar-refractivity contribution in [3.05, 3.63) is 41.0 Å². The van der Waals surface area contributed by atoms with Gasteiger partial charge in [-0.05, 0) is 19.1 Å². The number of carbonyl (C=O) groups is 1. The number of hydrogen-bond donors (Lipinski definition) is 1. The summed E-state index contributed by atoms with van der Waals surface area (Å²) in [6.45, 7) is 1.71. The number of alkyl halides is 3. The number of rotatable bonds is 0. The van der Waals surface area contributed by atoms with Crippen molar-refractivity contribution in [2.75, 3.05) is 0 Å². The summed E-state index contributed by atoms with van der Waals surface area (Å²) in [6.07, 6.45) is -2.77. The minimum absolute atomic E-state index is 0.0722. The zero-order valence-corrected chi connectivity index (χ0v) is 8.35. The van der Waals surface area contributed by atoms with Crippen molar-refractivity contribution in [3.63, 3.8) is 0 Å². The van der Waals surface area contributed by atoms with Crippen LogP contribution < -0.4 is 5.32 Å². The Labute approximate surface area is 89.8 Å². The SMILES string of the molecule is C/C=C1/NC(=O)c2cc(C(F)(F)F)ccc21. The van der Waals surface area contributed by atoms with Gasteiger partial charge in [0.05, 0.1) is 5.56 Å². The van der Waals surface area contributed by atoms with Crippen molar-refractivity contribution in [2.24, 2.45) is 0 Å². The molecule has 0 fully saturated rings. The number of nitrogens with one attached hydrogen (secondary N) is 1. The molecule has 5 heteroatoms. The predicted octanol–water partition coefficient (Wildman–Crippen LogP) is 2.81. The number of halogens is 3. The summed E-state index contributed by atoms with van der Waals surface area (Å²) in [5.41, 5.74) is 0.330. The third-order valence-electron chi connectivity index (χ3n) is 2.42. The molecule has 1 aliphatic heterocycles. The fourth-order valence-electron chi connectivity index (χ4n) is 1.63. The van der Waals surface area contributed by atoms with Crippen LogP contribution in [0.1, 0.15) is 28.4 Å². The lowest BCUT2D eigenvalue weighted by atomic mass is 10.0. The number of carbonyl (C=O) groups excluding carboxylic acids is 1. The molecule has 0 unspecified atom stereocenters. The number of fused-ring (bicyclic) bond motifs is 1. The first kappa shape index (κ1) is 10.7. The van der Waals surface area contributed by atoms with Gasteiger partial charge in [0.1, 0.15) is 0 Å². The van der Waals surface area contributed by atoms with E-state index in [-0.39, 0.29) is 5.56 Å². The normalized spacial score (nSPS) is 17.5. The highest BCUT2D eigenvalue weighted by atomic mass is 19.4. The minimum atomic E-state index is -4.42. The Kier molecular flexibility index (Phi) is 2.26. The van der Waals surface area contributed by atoms with Crippen molar-refractivity contribution in [1.82, 2.24) is 5.32 Å². The molecule has 84 valence electrons. The smallest absolute Gasteiger partial charge is 0.322 e. The highest BCUT2D eigenvalue weighted by Crippen LogP contribution is 2.33. The van der Waals surface area contributed by atoms with Gasteiger partial charge < -0.3 is 5.32 Å². The first-order chi connectivity index (χ1) is 7.43. The first-order valence-corrected chi connectivity index (χ1v) is 4.63. The lowest BCUT2D eigenvalue weighted by molar-refractivity contribution is -0.137. The number of hydrogen-bond acceptors (Lipinski definition) is 1. The molecule has 1 aromatic rings. The molecule has 0 aromatic heterocycles. The number of amides is 1. The van der Waals surface area contributed by atoms with E-state index in [4.69, 9.17) is 0 Å². The molecule has 1 N–H and O–H groups in total. The Morgan fingerprint density at radius 2 is 1.94 bits per heavy atom. The molecule has 0 radical (unpaired) electrons. The van der Waals surface area contributed by atoms with E-state index in [1.54, 1.807) is 13.0 Å². The van der Waals surface area contributed by atoms with Gasteiger partial charge in [0.2, 0.25) is 0 Å². The maximum absolute atomic E-state index is 12.4.